The van der Waals surface area contributed by atoms with Gasteiger partial charge in [-0.15, -0.1) is 11.3 Å². The quantitative estimate of drug-likeness (QED) is 0.790. The van der Waals surface area contributed by atoms with Crippen LogP contribution in [-0.4, -0.2) is 31.0 Å². The van der Waals surface area contributed by atoms with Gasteiger partial charge in [0.25, 0.3) is 5.91 Å². The first-order chi connectivity index (χ1) is 7.15. The minimum atomic E-state index is -0.0158. The fourth-order valence-electron chi connectivity index (χ4n) is 1.29. The van der Waals surface area contributed by atoms with E-state index in [2.05, 4.69) is 22.5 Å². The molecule has 5 heteroatoms. The van der Waals surface area contributed by atoms with Gasteiger partial charge in [-0.3, -0.25) is 4.79 Å². The molecule has 1 rings (SSSR count). The highest BCUT2D eigenvalue weighted by Gasteiger charge is 2.11. The second-order valence-corrected chi connectivity index (χ2v) is 4.49. The number of rotatable bonds is 5. The molecule has 2 N–H and O–H groups in total. The average Bonchev–Trinajstić information content (AvgIpc) is 2.61. The van der Waals surface area contributed by atoms with Crippen LogP contribution in [-0.2, 0) is 0 Å². The summed E-state index contributed by atoms with van der Waals surface area (Å²) in [6, 6.07) is 0. The Morgan fingerprint density at radius 1 is 1.60 bits per heavy atom. The summed E-state index contributed by atoms with van der Waals surface area (Å²) in [6.07, 6.45) is 0. The number of carbonyl (C=O) groups excluding carboxylic acids is 1. The molecule has 84 valence electrons. The number of thiazole rings is 1. The summed E-state index contributed by atoms with van der Waals surface area (Å²) in [6.45, 7) is 5.54. The van der Waals surface area contributed by atoms with E-state index in [9.17, 15) is 4.79 Å². The second-order valence-electron chi connectivity index (χ2n) is 3.64. The molecular formula is C10H17N3OS. The van der Waals surface area contributed by atoms with E-state index >= 15 is 0 Å². The van der Waals surface area contributed by atoms with Crippen LogP contribution in [0.1, 0.15) is 22.3 Å². The zero-order chi connectivity index (χ0) is 11.3. The second kappa shape index (κ2) is 5.82. The van der Waals surface area contributed by atoms with Crippen molar-refractivity contribution in [3.05, 3.63) is 16.1 Å². The van der Waals surface area contributed by atoms with Crippen molar-refractivity contribution < 1.29 is 4.79 Å². The number of hydrogen-bond donors (Lipinski definition) is 2. The van der Waals surface area contributed by atoms with Gasteiger partial charge in [0.2, 0.25) is 0 Å². The minimum absolute atomic E-state index is 0.0158. The SMILES string of the molecule is CNCC(C)CNC(=O)c1scnc1C. The van der Waals surface area contributed by atoms with Gasteiger partial charge in [-0.25, -0.2) is 4.98 Å². The van der Waals surface area contributed by atoms with Gasteiger partial charge in [-0.05, 0) is 26.4 Å². The Labute approximate surface area is 94.1 Å². The van der Waals surface area contributed by atoms with Gasteiger partial charge in [0.15, 0.2) is 0 Å². The normalized spacial score (nSPS) is 12.5. The predicted molar refractivity (Wildman–Crippen MR) is 62.3 cm³/mol. The lowest BCUT2D eigenvalue weighted by Gasteiger charge is -2.11. The first-order valence-corrected chi connectivity index (χ1v) is 5.86. The first kappa shape index (κ1) is 12.1. The van der Waals surface area contributed by atoms with Crippen LogP contribution in [0.3, 0.4) is 0 Å². The lowest BCUT2D eigenvalue weighted by atomic mass is 10.2. The molecule has 0 aliphatic rings. The molecule has 1 amide bonds. The van der Waals surface area contributed by atoms with Crippen LogP contribution in [0.2, 0.25) is 0 Å². The van der Waals surface area contributed by atoms with Crippen molar-refractivity contribution >= 4 is 17.2 Å². The lowest BCUT2D eigenvalue weighted by molar-refractivity contribution is 0.0951. The summed E-state index contributed by atoms with van der Waals surface area (Å²) < 4.78 is 0. The third kappa shape index (κ3) is 3.60. The number of aryl methyl sites for hydroxylation is 1. The number of aromatic nitrogens is 1. The molecule has 1 atom stereocenters. The third-order valence-corrected chi connectivity index (χ3v) is 3.04. The van der Waals surface area contributed by atoms with Crippen molar-refractivity contribution in [2.24, 2.45) is 5.92 Å². The summed E-state index contributed by atoms with van der Waals surface area (Å²) in [5, 5.41) is 5.98. The van der Waals surface area contributed by atoms with Crippen molar-refractivity contribution in [2.75, 3.05) is 20.1 Å². The summed E-state index contributed by atoms with van der Waals surface area (Å²) in [5.41, 5.74) is 2.50. The van der Waals surface area contributed by atoms with Crippen molar-refractivity contribution in [2.45, 2.75) is 13.8 Å². The molecule has 15 heavy (non-hydrogen) atoms. The molecule has 0 saturated carbocycles. The first-order valence-electron chi connectivity index (χ1n) is 4.98. The Balaban J connectivity index is 2.40. The fraction of sp³-hybridized carbons (Fsp3) is 0.600. The van der Waals surface area contributed by atoms with Crippen LogP contribution in [0.4, 0.5) is 0 Å². The number of nitrogens with one attached hydrogen (secondary N) is 2. The van der Waals surface area contributed by atoms with Gasteiger partial charge in [0.05, 0.1) is 11.2 Å². The molecule has 1 unspecified atom stereocenters. The van der Waals surface area contributed by atoms with Gasteiger partial charge in [0, 0.05) is 6.54 Å². The lowest BCUT2D eigenvalue weighted by Crippen LogP contribution is -2.32. The van der Waals surface area contributed by atoms with E-state index < -0.39 is 0 Å². The molecule has 0 fully saturated rings. The Morgan fingerprint density at radius 2 is 2.33 bits per heavy atom. The van der Waals surface area contributed by atoms with Crippen LogP contribution in [0, 0.1) is 12.8 Å². The van der Waals surface area contributed by atoms with E-state index in [4.69, 9.17) is 0 Å². The number of carbonyl (C=O) groups is 1. The van der Waals surface area contributed by atoms with Crippen LogP contribution in [0.15, 0.2) is 5.51 Å². The highest BCUT2D eigenvalue weighted by molar-refractivity contribution is 7.11. The molecule has 0 spiro atoms. The largest absolute Gasteiger partial charge is 0.351 e. The topological polar surface area (TPSA) is 54.0 Å². The molecule has 4 nitrogen and oxygen atoms in total. The van der Waals surface area contributed by atoms with E-state index in [-0.39, 0.29) is 5.91 Å². The van der Waals surface area contributed by atoms with E-state index in [0.717, 1.165) is 12.2 Å². The maximum Gasteiger partial charge on any atom is 0.263 e. The smallest absolute Gasteiger partial charge is 0.263 e. The molecule has 1 aromatic heterocycles. The predicted octanol–water partition coefficient (Wildman–Crippen LogP) is 1.04. The molecule has 0 aromatic carbocycles. The van der Waals surface area contributed by atoms with Crippen LogP contribution in [0.25, 0.3) is 0 Å². The Kier molecular flexibility index (Phi) is 4.71. The zero-order valence-corrected chi connectivity index (χ0v) is 10.1. The van der Waals surface area contributed by atoms with E-state index in [1.807, 2.05) is 14.0 Å². The monoisotopic (exact) mass is 227 g/mol. The van der Waals surface area contributed by atoms with Crippen LogP contribution < -0.4 is 10.6 Å². The zero-order valence-electron chi connectivity index (χ0n) is 9.33. The van der Waals surface area contributed by atoms with Crippen molar-refractivity contribution in [1.29, 1.82) is 0 Å². The van der Waals surface area contributed by atoms with Gasteiger partial charge < -0.3 is 10.6 Å². The average molecular weight is 227 g/mol. The number of hydrogen-bond acceptors (Lipinski definition) is 4. The van der Waals surface area contributed by atoms with E-state index in [1.165, 1.54) is 11.3 Å². The van der Waals surface area contributed by atoms with Gasteiger partial charge >= 0.3 is 0 Å². The number of amides is 1. The molecule has 0 saturated heterocycles. The maximum absolute atomic E-state index is 11.7. The molecule has 0 radical (unpaired) electrons. The summed E-state index contributed by atoms with van der Waals surface area (Å²) in [4.78, 5) is 16.4. The Bertz CT molecular complexity index is 324. The molecule has 0 bridgehead atoms. The van der Waals surface area contributed by atoms with Crippen molar-refractivity contribution in [1.82, 2.24) is 15.6 Å². The standard InChI is InChI=1S/C10H17N3OS/c1-7(4-11-3)5-12-10(14)9-8(2)13-6-15-9/h6-7,11H,4-5H2,1-3H3,(H,12,14). The number of nitrogens with zero attached hydrogens (tertiary/aromatic N) is 1. The van der Waals surface area contributed by atoms with Gasteiger partial charge in [-0.2, -0.15) is 0 Å². The molecule has 0 aliphatic carbocycles. The summed E-state index contributed by atoms with van der Waals surface area (Å²) in [7, 11) is 1.91. The molecular weight excluding hydrogens is 210 g/mol. The Hall–Kier alpha value is -0.940. The molecule has 1 heterocycles. The van der Waals surface area contributed by atoms with Gasteiger partial charge in [0.1, 0.15) is 4.88 Å². The third-order valence-electron chi connectivity index (χ3n) is 2.12. The van der Waals surface area contributed by atoms with E-state index in [1.54, 1.807) is 5.51 Å². The van der Waals surface area contributed by atoms with Crippen LogP contribution in [0.5, 0.6) is 0 Å². The maximum atomic E-state index is 11.7. The van der Waals surface area contributed by atoms with E-state index in [0.29, 0.717) is 17.3 Å². The highest BCUT2D eigenvalue weighted by Crippen LogP contribution is 2.11. The fourth-order valence-corrected chi connectivity index (χ4v) is 2.01. The van der Waals surface area contributed by atoms with Crippen LogP contribution >= 0.6 is 11.3 Å². The summed E-state index contributed by atoms with van der Waals surface area (Å²) >= 11 is 1.38. The molecule has 1 aromatic rings. The minimum Gasteiger partial charge on any atom is -0.351 e. The van der Waals surface area contributed by atoms with Crippen molar-refractivity contribution in [3.8, 4) is 0 Å². The molecule has 0 aliphatic heterocycles. The summed E-state index contributed by atoms with van der Waals surface area (Å²) in [5.74, 6) is 0.421. The highest BCUT2D eigenvalue weighted by atomic mass is 32.1. The van der Waals surface area contributed by atoms with Crippen molar-refractivity contribution in [3.63, 3.8) is 0 Å². The van der Waals surface area contributed by atoms with Gasteiger partial charge in [-0.1, -0.05) is 6.92 Å². The Morgan fingerprint density at radius 3 is 2.87 bits per heavy atom.